The number of hydrogen-bond acceptors (Lipinski definition) is 0. The molecule has 0 aliphatic carbocycles. The van der Waals surface area contributed by atoms with Gasteiger partial charge in [-0.15, -0.1) is 0 Å². The minimum absolute atomic E-state index is 1.20. The third kappa shape index (κ3) is 3.39. The molecule has 0 saturated heterocycles. The minimum atomic E-state index is -2.65. The van der Waals surface area contributed by atoms with Crippen molar-refractivity contribution in [3.8, 4) is 11.4 Å². The van der Waals surface area contributed by atoms with Gasteiger partial charge in [0.1, 0.15) is 0 Å². The number of aromatic nitrogens is 2. The molecule has 222 valence electrons. The molecule has 3 heteroatoms. The fourth-order valence-electron chi connectivity index (χ4n) is 8.76. The van der Waals surface area contributed by atoms with Crippen LogP contribution >= 0.6 is 0 Å². The highest BCUT2D eigenvalue weighted by molar-refractivity contribution is 7.21. The maximum atomic E-state index is 2.55. The van der Waals surface area contributed by atoms with Crippen LogP contribution < -0.4 is 20.7 Å². The van der Waals surface area contributed by atoms with Crippen molar-refractivity contribution < 1.29 is 0 Å². The van der Waals surface area contributed by atoms with E-state index in [0.29, 0.717) is 0 Å². The number of aryl methyl sites for hydroxylation is 2. The van der Waals surface area contributed by atoms with Crippen LogP contribution in [-0.4, -0.2) is 17.2 Å². The Morgan fingerprint density at radius 3 is 1.57 bits per heavy atom. The van der Waals surface area contributed by atoms with Crippen molar-refractivity contribution in [3.63, 3.8) is 0 Å². The Morgan fingerprint density at radius 1 is 0.404 bits per heavy atom. The first kappa shape index (κ1) is 26.6. The van der Waals surface area contributed by atoms with Crippen molar-refractivity contribution in [1.29, 1.82) is 0 Å². The summed E-state index contributed by atoms with van der Waals surface area (Å²) in [7, 11) is -2.65. The lowest BCUT2D eigenvalue weighted by molar-refractivity contribution is 1.15. The van der Waals surface area contributed by atoms with Gasteiger partial charge in [-0.05, 0) is 70.0 Å². The van der Waals surface area contributed by atoms with E-state index in [1.807, 2.05) is 0 Å². The molecule has 2 nitrogen and oxygen atoms in total. The SMILES string of the molecule is Cc1cccc2c3cccc(C)c3n(-c3ccc4c(c3)c3cccc5c3n4-c3ccccc3[Si]5(c3ccccc3)c3ccccc3)c12. The maximum Gasteiger partial charge on any atom is 0.184 e. The predicted molar refractivity (Wildman–Crippen MR) is 202 cm³/mol. The molecule has 1 aliphatic heterocycles. The molecule has 2 aromatic heterocycles. The number of hydrogen-bond donors (Lipinski definition) is 0. The Kier molecular flexibility index (Phi) is 5.47. The van der Waals surface area contributed by atoms with Crippen LogP contribution in [0.4, 0.5) is 0 Å². The summed E-state index contributed by atoms with van der Waals surface area (Å²) in [5, 5.41) is 10.9. The molecule has 0 unspecified atom stereocenters. The van der Waals surface area contributed by atoms with E-state index in [0.717, 1.165) is 0 Å². The van der Waals surface area contributed by atoms with Crippen LogP contribution in [0.2, 0.25) is 0 Å². The second-order valence-electron chi connectivity index (χ2n) is 13.0. The van der Waals surface area contributed by atoms with Gasteiger partial charge in [-0.3, -0.25) is 0 Å². The van der Waals surface area contributed by atoms with Crippen LogP contribution in [0, 0.1) is 13.8 Å². The lowest BCUT2D eigenvalue weighted by atomic mass is 10.1. The molecule has 0 spiro atoms. The predicted octanol–water partition coefficient (Wildman–Crippen LogP) is 8.19. The Bertz CT molecular complexity index is 2600. The third-order valence-corrected chi connectivity index (χ3v) is 15.4. The molecule has 7 aromatic carbocycles. The highest BCUT2D eigenvalue weighted by Crippen LogP contribution is 2.39. The maximum absolute atomic E-state index is 2.65. The van der Waals surface area contributed by atoms with Gasteiger partial charge in [0, 0.05) is 32.9 Å². The lowest BCUT2D eigenvalue weighted by Gasteiger charge is -2.39. The largest absolute Gasteiger partial charge is 0.309 e. The van der Waals surface area contributed by atoms with Crippen LogP contribution in [0.5, 0.6) is 0 Å². The second-order valence-corrected chi connectivity index (χ2v) is 16.7. The highest BCUT2D eigenvalue weighted by atomic mass is 28.3. The first-order valence-corrected chi connectivity index (χ1v) is 18.5. The molecule has 0 amide bonds. The summed E-state index contributed by atoms with van der Waals surface area (Å²) >= 11 is 0. The van der Waals surface area contributed by atoms with Crippen LogP contribution in [0.25, 0.3) is 55.0 Å². The van der Waals surface area contributed by atoms with Crippen molar-refractivity contribution in [3.05, 3.63) is 169 Å². The average Bonchev–Trinajstić information content (AvgIpc) is 3.65. The summed E-state index contributed by atoms with van der Waals surface area (Å²) in [4.78, 5) is 0. The zero-order chi connectivity index (χ0) is 31.3. The Hall–Kier alpha value is -5.64. The molecule has 0 radical (unpaired) electrons. The van der Waals surface area contributed by atoms with E-state index in [2.05, 4.69) is 181 Å². The summed E-state index contributed by atoms with van der Waals surface area (Å²) in [6.45, 7) is 4.47. The van der Waals surface area contributed by atoms with E-state index in [-0.39, 0.29) is 0 Å². The van der Waals surface area contributed by atoms with Gasteiger partial charge >= 0.3 is 0 Å². The second kappa shape index (κ2) is 9.68. The molecular formula is C44H32N2Si. The number of rotatable bonds is 3. The summed E-state index contributed by atoms with van der Waals surface area (Å²) in [5.41, 5.74) is 10.2. The molecule has 9 aromatic rings. The first-order valence-electron chi connectivity index (χ1n) is 16.5. The van der Waals surface area contributed by atoms with Gasteiger partial charge < -0.3 is 9.13 Å². The normalized spacial score (nSPS) is 13.5. The number of benzene rings is 7. The van der Waals surface area contributed by atoms with Crippen LogP contribution in [0.15, 0.2) is 158 Å². The fourth-order valence-corrected chi connectivity index (χ4v) is 13.9. The van der Waals surface area contributed by atoms with Crippen LogP contribution in [-0.2, 0) is 0 Å². The van der Waals surface area contributed by atoms with Gasteiger partial charge in [-0.25, -0.2) is 0 Å². The van der Waals surface area contributed by atoms with Crippen molar-refractivity contribution in [2.24, 2.45) is 0 Å². The van der Waals surface area contributed by atoms with E-state index in [1.165, 1.54) is 86.9 Å². The summed E-state index contributed by atoms with van der Waals surface area (Å²) < 4.78 is 5.06. The van der Waals surface area contributed by atoms with Gasteiger partial charge in [0.15, 0.2) is 8.07 Å². The monoisotopic (exact) mass is 616 g/mol. The van der Waals surface area contributed by atoms with Crippen LogP contribution in [0.1, 0.15) is 11.1 Å². The van der Waals surface area contributed by atoms with E-state index in [9.17, 15) is 0 Å². The van der Waals surface area contributed by atoms with Crippen molar-refractivity contribution >= 4 is 72.4 Å². The molecule has 47 heavy (non-hydrogen) atoms. The average molecular weight is 617 g/mol. The molecule has 0 bridgehead atoms. The summed E-state index contributed by atoms with van der Waals surface area (Å²) in [6.07, 6.45) is 0. The summed E-state index contributed by atoms with van der Waals surface area (Å²) in [5.74, 6) is 0. The van der Waals surface area contributed by atoms with E-state index < -0.39 is 8.07 Å². The molecule has 0 fully saturated rings. The zero-order valence-corrected chi connectivity index (χ0v) is 27.4. The Balaban J connectivity index is 1.36. The molecule has 3 heterocycles. The van der Waals surface area contributed by atoms with E-state index in [1.54, 1.807) is 0 Å². The van der Waals surface area contributed by atoms with Gasteiger partial charge in [0.25, 0.3) is 0 Å². The quantitative estimate of drug-likeness (QED) is 0.177. The zero-order valence-electron chi connectivity index (χ0n) is 26.4. The van der Waals surface area contributed by atoms with Gasteiger partial charge in [0.2, 0.25) is 0 Å². The van der Waals surface area contributed by atoms with Crippen LogP contribution in [0.3, 0.4) is 0 Å². The van der Waals surface area contributed by atoms with Gasteiger partial charge in [-0.1, -0.05) is 133 Å². The molecule has 0 saturated carbocycles. The molecule has 10 rings (SSSR count). The summed E-state index contributed by atoms with van der Waals surface area (Å²) in [6, 6.07) is 59.3. The van der Waals surface area contributed by atoms with Gasteiger partial charge in [0.05, 0.1) is 22.1 Å². The lowest BCUT2D eigenvalue weighted by Crippen LogP contribution is -2.76. The number of para-hydroxylation sites is 4. The fraction of sp³-hybridized carbons (Fsp3) is 0.0455. The number of fused-ring (bicyclic) bond motifs is 8. The highest BCUT2D eigenvalue weighted by Gasteiger charge is 2.47. The van der Waals surface area contributed by atoms with Crippen molar-refractivity contribution in [1.82, 2.24) is 9.13 Å². The first-order chi connectivity index (χ1) is 23.2. The van der Waals surface area contributed by atoms with Crippen molar-refractivity contribution in [2.75, 3.05) is 0 Å². The Morgan fingerprint density at radius 2 is 0.936 bits per heavy atom. The third-order valence-electron chi connectivity index (χ3n) is 10.6. The van der Waals surface area contributed by atoms with Crippen molar-refractivity contribution in [2.45, 2.75) is 13.8 Å². The molecule has 0 N–H and O–H groups in total. The molecular weight excluding hydrogens is 585 g/mol. The Labute approximate surface area is 274 Å². The standard InChI is InChI=1S/C44H32N2Si/c1-29-14-11-20-34-35-21-12-15-30(2)43(35)45(42(29)34)31-26-27-38-37(28-31)36-22-13-25-41-44(36)46(38)39-23-9-10-24-40(39)47(41,32-16-5-3-6-17-32)33-18-7-4-8-19-33/h3-28H,1-2H3. The topological polar surface area (TPSA) is 9.86 Å². The molecule has 1 aliphatic rings. The van der Waals surface area contributed by atoms with E-state index in [4.69, 9.17) is 0 Å². The molecule has 0 atom stereocenters. The van der Waals surface area contributed by atoms with Gasteiger partial charge in [-0.2, -0.15) is 0 Å². The van der Waals surface area contributed by atoms with E-state index >= 15 is 0 Å². The smallest absolute Gasteiger partial charge is 0.184 e. The minimum Gasteiger partial charge on any atom is -0.309 e. The number of nitrogens with zero attached hydrogens (tertiary/aromatic N) is 2.